The topological polar surface area (TPSA) is 56.8 Å². The van der Waals surface area contributed by atoms with Gasteiger partial charge in [0.05, 0.1) is 13.2 Å². The van der Waals surface area contributed by atoms with Gasteiger partial charge < -0.3 is 19.5 Å². The van der Waals surface area contributed by atoms with Crippen molar-refractivity contribution >= 4 is 17.5 Å². The molecule has 0 aliphatic heterocycles. The van der Waals surface area contributed by atoms with E-state index in [1.54, 1.807) is 19.2 Å². The van der Waals surface area contributed by atoms with Crippen molar-refractivity contribution in [3.63, 3.8) is 0 Å². The molecule has 1 N–H and O–H groups in total. The molecular formula is C21H26ClNO4. The molecule has 2 rings (SSSR count). The number of nitrogens with one attached hydrogen (secondary N) is 1. The molecule has 27 heavy (non-hydrogen) atoms. The fourth-order valence-electron chi connectivity index (χ4n) is 2.45. The number of carbonyl (C=O) groups is 1. The van der Waals surface area contributed by atoms with Crippen molar-refractivity contribution in [1.82, 2.24) is 5.32 Å². The number of carbonyl (C=O) groups excluding carboxylic acids is 1. The molecule has 146 valence electrons. The number of rotatable bonds is 9. The molecule has 2 atom stereocenters. The Bertz CT molecular complexity index is 748. The molecule has 0 heterocycles. The third-order valence-corrected chi connectivity index (χ3v) is 4.44. The molecule has 2 unspecified atom stereocenters. The summed E-state index contributed by atoms with van der Waals surface area (Å²) in [6.45, 7) is 6.05. The third-order valence-electron chi connectivity index (χ3n) is 4.02. The SMILES string of the molecule is CCC(Oc1ccc(Cl)c(C)c1)C(=O)NC(C)COc1ccc(OC)cc1. The Morgan fingerprint density at radius 1 is 1.11 bits per heavy atom. The van der Waals surface area contributed by atoms with Crippen molar-refractivity contribution in [3.8, 4) is 17.2 Å². The highest BCUT2D eigenvalue weighted by atomic mass is 35.5. The second-order valence-corrected chi connectivity index (χ2v) is 6.73. The summed E-state index contributed by atoms with van der Waals surface area (Å²) < 4.78 is 16.6. The van der Waals surface area contributed by atoms with Gasteiger partial charge in [0.1, 0.15) is 23.9 Å². The smallest absolute Gasteiger partial charge is 0.261 e. The van der Waals surface area contributed by atoms with E-state index in [0.29, 0.717) is 23.8 Å². The standard InChI is InChI=1S/C21H26ClNO4/c1-5-20(27-18-10-11-19(22)14(2)12-18)21(24)23-15(3)13-26-17-8-6-16(25-4)7-9-17/h6-12,15,20H,5,13H2,1-4H3,(H,23,24). The van der Waals surface area contributed by atoms with Crippen LogP contribution in [0.5, 0.6) is 17.2 Å². The molecule has 5 nitrogen and oxygen atoms in total. The van der Waals surface area contributed by atoms with E-state index in [0.717, 1.165) is 17.1 Å². The summed E-state index contributed by atoms with van der Waals surface area (Å²) in [4.78, 5) is 12.5. The Labute approximate surface area is 165 Å². The predicted octanol–water partition coefficient (Wildman–Crippen LogP) is 4.40. The van der Waals surface area contributed by atoms with Crippen LogP contribution in [0, 0.1) is 6.92 Å². The van der Waals surface area contributed by atoms with Gasteiger partial charge in [-0.2, -0.15) is 0 Å². The Morgan fingerprint density at radius 2 is 1.74 bits per heavy atom. The lowest BCUT2D eigenvalue weighted by Crippen LogP contribution is -2.44. The minimum Gasteiger partial charge on any atom is -0.497 e. The van der Waals surface area contributed by atoms with Crippen LogP contribution in [0.2, 0.25) is 5.02 Å². The van der Waals surface area contributed by atoms with Gasteiger partial charge >= 0.3 is 0 Å². The molecule has 2 aromatic rings. The number of methoxy groups -OCH3 is 1. The molecule has 6 heteroatoms. The highest BCUT2D eigenvalue weighted by Gasteiger charge is 2.20. The summed E-state index contributed by atoms with van der Waals surface area (Å²) in [5.74, 6) is 1.94. The molecule has 0 fully saturated rings. The van der Waals surface area contributed by atoms with Crippen molar-refractivity contribution in [2.45, 2.75) is 39.3 Å². The minimum atomic E-state index is -0.575. The number of ether oxygens (including phenoxy) is 3. The molecule has 0 spiro atoms. The van der Waals surface area contributed by atoms with E-state index < -0.39 is 6.10 Å². The second-order valence-electron chi connectivity index (χ2n) is 6.32. The number of halogens is 1. The van der Waals surface area contributed by atoms with Gasteiger partial charge in [0.25, 0.3) is 5.91 Å². The Kier molecular flexibility index (Phi) is 7.80. The zero-order chi connectivity index (χ0) is 19.8. The van der Waals surface area contributed by atoms with Crippen LogP contribution < -0.4 is 19.5 Å². The first-order chi connectivity index (χ1) is 12.9. The van der Waals surface area contributed by atoms with Crippen molar-refractivity contribution in [2.75, 3.05) is 13.7 Å². The Balaban J connectivity index is 1.85. The number of amides is 1. The average Bonchev–Trinajstić information content (AvgIpc) is 2.67. The molecule has 0 saturated carbocycles. The van der Waals surface area contributed by atoms with Crippen molar-refractivity contribution < 1.29 is 19.0 Å². The van der Waals surface area contributed by atoms with E-state index in [4.69, 9.17) is 25.8 Å². The van der Waals surface area contributed by atoms with Crippen LogP contribution in [-0.2, 0) is 4.79 Å². The maximum atomic E-state index is 12.5. The summed E-state index contributed by atoms with van der Waals surface area (Å²) in [6, 6.07) is 12.5. The van der Waals surface area contributed by atoms with Gasteiger partial charge in [0.2, 0.25) is 0 Å². The van der Waals surface area contributed by atoms with Crippen LogP contribution in [-0.4, -0.2) is 31.8 Å². The molecule has 2 aromatic carbocycles. The Morgan fingerprint density at radius 3 is 2.33 bits per heavy atom. The van der Waals surface area contributed by atoms with E-state index in [1.807, 2.05) is 51.1 Å². The average molecular weight is 392 g/mol. The van der Waals surface area contributed by atoms with Crippen LogP contribution in [0.4, 0.5) is 0 Å². The second kappa shape index (κ2) is 10.1. The van der Waals surface area contributed by atoms with Crippen molar-refractivity contribution in [2.24, 2.45) is 0 Å². The first kappa shape index (κ1) is 20.9. The molecular weight excluding hydrogens is 366 g/mol. The highest BCUT2D eigenvalue weighted by molar-refractivity contribution is 6.31. The highest BCUT2D eigenvalue weighted by Crippen LogP contribution is 2.22. The fourth-order valence-corrected chi connectivity index (χ4v) is 2.57. The van der Waals surface area contributed by atoms with E-state index in [2.05, 4.69) is 5.32 Å². The van der Waals surface area contributed by atoms with E-state index >= 15 is 0 Å². The molecule has 0 aliphatic rings. The van der Waals surface area contributed by atoms with Gasteiger partial charge in [0.15, 0.2) is 6.10 Å². The van der Waals surface area contributed by atoms with Crippen LogP contribution in [0.15, 0.2) is 42.5 Å². The first-order valence-electron chi connectivity index (χ1n) is 8.93. The lowest BCUT2D eigenvalue weighted by molar-refractivity contribution is -0.128. The summed E-state index contributed by atoms with van der Waals surface area (Å²) in [6.07, 6.45) is -0.0199. The number of aryl methyl sites for hydroxylation is 1. The maximum Gasteiger partial charge on any atom is 0.261 e. The van der Waals surface area contributed by atoms with Crippen LogP contribution in [0.25, 0.3) is 0 Å². The largest absolute Gasteiger partial charge is 0.497 e. The lowest BCUT2D eigenvalue weighted by Gasteiger charge is -2.21. The maximum absolute atomic E-state index is 12.5. The van der Waals surface area contributed by atoms with Gasteiger partial charge in [-0.25, -0.2) is 0 Å². The van der Waals surface area contributed by atoms with Gasteiger partial charge in [-0.1, -0.05) is 18.5 Å². The van der Waals surface area contributed by atoms with Crippen molar-refractivity contribution in [3.05, 3.63) is 53.1 Å². The van der Waals surface area contributed by atoms with E-state index in [-0.39, 0.29) is 11.9 Å². The monoisotopic (exact) mass is 391 g/mol. The normalized spacial score (nSPS) is 12.8. The molecule has 0 saturated heterocycles. The van der Waals surface area contributed by atoms with Gasteiger partial charge in [0, 0.05) is 5.02 Å². The summed E-state index contributed by atoms with van der Waals surface area (Å²) in [5, 5.41) is 3.60. The molecule has 0 bridgehead atoms. The number of benzene rings is 2. The number of hydrogen-bond donors (Lipinski definition) is 1. The molecule has 0 aromatic heterocycles. The predicted molar refractivity (Wildman–Crippen MR) is 107 cm³/mol. The van der Waals surface area contributed by atoms with Gasteiger partial charge in [-0.15, -0.1) is 0 Å². The van der Waals surface area contributed by atoms with Crippen molar-refractivity contribution in [1.29, 1.82) is 0 Å². The summed E-state index contributed by atoms with van der Waals surface area (Å²) >= 11 is 6.03. The van der Waals surface area contributed by atoms with Gasteiger partial charge in [-0.05, 0) is 68.3 Å². The minimum absolute atomic E-state index is 0.163. The van der Waals surface area contributed by atoms with Gasteiger partial charge in [-0.3, -0.25) is 4.79 Å². The lowest BCUT2D eigenvalue weighted by atomic mass is 10.2. The van der Waals surface area contributed by atoms with Crippen LogP contribution in [0.1, 0.15) is 25.8 Å². The number of hydrogen-bond acceptors (Lipinski definition) is 4. The quantitative estimate of drug-likeness (QED) is 0.688. The zero-order valence-electron chi connectivity index (χ0n) is 16.1. The Hall–Kier alpha value is -2.40. The summed E-state index contributed by atoms with van der Waals surface area (Å²) in [5.41, 5.74) is 0.908. The van der Waals surface area contributed by atoms with E-state index in [9.17, 15) is 4.79 Å². The fraction of sp³-hybridized carbons (Fsp3) is 0.381. The molecule has 0 aliphatic carbocycles. The van der Waals surface area contributed by atoms with Crippen LogP contribution >= 0.6 is 11.6 Å². The van der Waals surface area contributed by atoms with Crippen LogP contribution in [0.3, 0.4) is 0 Å². The summed E-state index contributed by atoms with van der Waals surface area (Å²) in [7, 11) is 1.62. The third kappa shape index (κ3) is 6.36. The molecule has 0 radical (unpaired) electrons. The molecule has 1 amide bonds. The zero-order valence-corrected chi connectivity index (χ0v) is 16.9. The first-order valence-corrected chi connectivity index (χ1v) is 9.30. The van der Waals surface area contributed by atoms with E-state index in [1.165, 1.54) is 0 Å².